The van der Waals surface area contributed by atoms with Crippen LogP contribution in [0.2, 0.25) is 0 Å². The number of hydrogen-bond donors (Lipinski definition) is 2. The summed E-state index contributed by atoms with van der Waals surface area (Å²) in [6.07, 6.45) is 2.61. The molecule has 2 aromatic rings. The van der Waals surface area contributed by atoms with Crippen LogP contribution in [0.15, 0.2) is 41.1 Å². The van der Waals surface area contributed by atoms with Crippen LogP contribution in [-0.2, 0) is 17.9 Å². The largest absolute Gasteiger partial charge is 0.379 e. The van der Waals surface area contributed by atoms with Crippen LogP contribution >= 0.6 is 0 Å². The Balaban J connectivity index is 1.59. The number of carbonyl (C=O) groups is 1. The molecule has 1 amide bonds. The van der Waals surface area contributed by atoms with Gasteiger partial charge in [0.25, 0.3) is 5.91 Å². The van der Waals surface area contributed by atoms with Crippen molar-refractivity contribution >= 4 is 5.91 Å². The maximum atomic E-state index is 13.0. The maximum absolute atomic E-state index is 13.0. The second-order valence-electron chi connectivity index (χ2n) is 6.08. The average molecular weight is 333 g/mol. The Morgan fingerprint density at radius 3 is 2.83 bits per heavy atom. The van der Waals surface area contributed by atoms with Crippen molar-refractivity contribution in [1.82, 2.24) is 15.4 Å². The summed E-state index contributed by atoms with van der Waals surface area (Å²) in [5.41, 5.74) is 0.122. The molecule has 3 rings (SSSR count). The molecule has 2 N–H and O–H groups in total. The van der Waals surface area contributed by atoms with Crippen LogP contribution in [-0.4, -0.2) is 39.8 Å². The molecule has 1 aliphatic rings. The van der Waals surface area contributed by atoms with Crippen molar-refractivity contribution in [3.8, 4) is 0 Å². The Bertz CT molecular complexity index is 675. The predicted octanol–water partition coefficient (Wildman–Crippen LogP) is 1.46. The highest BCUT2D eigenvalue weighted by Gasteiger charge is 2.41. The van der Waals surface area contributed by atoms with E-state index in [0.717, 1.165) is 12.0 Å². The molecule has 0 bridgehead atoms. The van der Waals surface area contributed by atoms with E-state index in [1.165, 1.54) is 18.4 Å². The van der Waals surface area contributed by atoms with Crippen molar-refractivity contribution in [3.63, 3.8) is 0 Å². The Morgan fingerprint density at radius 1 is 1.33 bits per heavy atom. The van der Waals surface area contributed by atoms with Gasteiger partial charge in [-0.25, -0.2) is 4.39 Å². The molecule has 1 saturated heterocycles. The third-order valence-electron chi connectivity index (χ3n) is 4.21. The van der Waals surface area contributed by atoms with Crippen molar-refractivity contribution in [2.24, 2.45) is 0 Å². The molecule has 1 fully saturated rings. The number of piperidine rings is 1. The zero-order valence-corrected chi connectivity index (χ0v) is 13.2. The van der Waals surface area contributed by atoms with E-state index < -0.39 is 5.60 Å². The molecular formula is C17H20FN3O3. The third kappa shape index (κ3) is 3.80. The summed E-state index contributed by atoms with van der Waals surface area (Å²) in [6, 6.07) is 7.77. The molecule has 6 nitrogen and oxygen atoms in total. The molecule has 1 unspecified atom stereocenters. The number of nitrogens with one attached hydrogen (secondary N) is 1. The van der Waals surface area contributed by atoms with Gasteiger partial charge in [-0.1, -0.05) is 17.3 Å². The van der Waals surface area contributed by atoms with Gasteiger partial charge in [0, 0.05) is 32.2 Å². The first kappa shape index (κ1) is 16.6. The minimum absolute atomic E-state index is 0.151. The molecule has 0 aliphatic carbocycles. The summed E-state index contributed by atoms with van der Waals surface area (Å²) in [4.78, 5) is 14.3. The van der Waals surface area contributed by atoms with Crippen molar-refractivity contribution < 1.29 is 18.8 Å². The minimum Gasteiger partial charge on any atom is -0.379 e. The van der Waals surface area contributed by atoms with Crippen molar-refractivity contribution in [2.45, 2.75) is 31.5 Å². The number of nitrogens with zero attached hydrogens (tertiary/aromatic N) is 2. The smallest absolute Gasteiger partial charge is 0.256 e. The van der Waals surface area contributed by atoms with Crippen molar-refractivity contribution in [3.05, 3.63) is 53.7 Å². The second kappa shape index (κ2) is 7.11. The molecule has 0 radical (unpaired) electrons. The third-order valence-corrected chi connectivity index (χ3v) is 4.21. The molecular weight excluding hydrogens is 313 g/mol. The lowest BCUT2D eigenvalue weighted by atomic mass is 9.91. The normalized spacial score (nSPS) is 21.2. The van der Waals surface area contributed by atoms with E-state index in [9.17, 15) is 14.3 Å². The van der Waals surface area contributed by atoms with E-state index in [2.05, 4.69) is 10.5 Å². The SMILES string of the molecule is O=C1N(Cc2ccc(F)cc2)CCCC1(O)CNCc1ccon1. The number of carbonyl (C=O) groups excluding carboxylic acids is 1. The first-order valence-electron chi connectivity index (χ1n) is 7.93. The van der Waals surface area contributed by atoms with E-state index in [4.69, 9.17) is 4.52 Å². The Morgan fingerprint density at radius 2 is 2.12 bits per heavy atom. The molecule has 0 saturated carbocycles. The van der Waals surface area contributed by atoms with E-state index in [1.807, 2.05) is 0 Å². The fraction of sp³-hybridized carbons (Fsp3) is 0.412. The number of likely N-dealkylation sites (tertiary alicyclic amines) is 1. The summed E-state index contributed by atoms with van der Waals surface area (Å²) in [6.45, 7) is 1.52. The van der Waals surface area contributed by atoms with Crippen LogP contribution in [0.1, 0.15) is 24.1 Å². The van der Waals surface area contributed by atoms with Crippen LogP contribution in [0.25, 0.3) is 0 Å². The van der Waals surface area contributed by atoms with Crippen LogP contribution in [0.3, 0.4) is 0 Å². The van der Waals surface area contributed by atoms with Gasteiger partial charge in [-0.05, 0) is 30.5 Å². The molecule has 2 heterocycles. The zero-order valence-electron chi connectivity index (χ0n) is 13.2. The van der Waals surface area contributed by atoms with Gasteiger partial charge in [-0.2, -0.15) is 0 Å². The fourth-order valence-electron chi connectivity index (χ4n) is 2.92. The summed E-state index contributed by atoms with van der Waals surface area (Å²) in [7, 11) is 0. The lowest BCUT2D eigenvalue weighted by Gasteiger charge is -2.38. The average Bonchev–Trinajstić information content (AvgIpc) is 3.07. The molecule has 24 heavy (non-hydrogen) atoms. The first-order chi connectivity index (χ1) is 11.6. The highest BCUT2D eigenvalue weighted by molar-refractivity contribution is 5.86. The molecule has 1 aliphatic heterocycles. The lowest BCUT2D eigenvalue weighted by molar-refractivity contribution is -0.157. The van der Waals surface area contributed by atoms with Crippen LogP contribution < -0.4 is 5.32 Å². The molecule has 1 atom stereocenters. The van der Waals surface area contributed by atoms with E-state index >= 15 is 0 Å². The van der Waals surface area contributed by atoms with Crippen molar-refractivity contribution in [2.75, 3.05) is 13.1 Å². The summed E-state index contributed by atoms with van der Waals surface area (Å²) in [5, 5.41) is 17.5. The number of hydrogen-bond acceptors (Lipinski definition) is 5. The highest BCUT2D eigenvalue weighted by Crippen LogP contribution is 2.24. The van der Waals surface area contributed by atoms with Crippen LogP contribution in [0, 0.1) is 5.82 Å². The van der Waals surface area contributed by atoms with E-state index in [-0.39, 0.29) is 18.3 Å². The van der Waals surface area contributed by atoms with Gasteiger partial charge in [-0.3, -0.25) is 4.79 Å². The summed E-state index contributed by atoms with van der Waals surface area (Å²) in [5.74, 6) is -0.608. The van der Waals surface area contributed by atoms with Crippen LogP contribution in [0.5, 0.6) is 0 Å². The molecule has 1 aromatic carbocycles. The van der Waals surface area contributed by atoms with E-state index in [0.29, 0.717) is 31.7 Å². The van der Waals surface area contributed by atoms with Gasteiger partial charge < -0.3 is 19.8 Å². The topological polar surface area (TPSA) is 78.6 Å². The number of benzene rings is 1. The van der Waals surface area contributed by atoms with Gasteiger partial charge >= 0.3 is 0 Å². The fourth-order valence-corrected chi connectivity index (χ4v) is 2.92. The Hall–Kier alpha value is -2.25. The molecule has 128 valence electrons. The van der Waals surface area contributed by atoms with Gasteiger partial charge in [0.2, 0.25) is 0 Å². The van der Waals surface area contributed by atoms with Gasteiger partial charge in [-0.15, -0.1) is 0 Å². The number of amides is 1. The zero-order chi connectivity index (χ0) is 17.0. The second-order valence-corrected chi connectivity index (χ2v) is 6.08. The lowest BCUT2D eigenvalue weighted by Crippen LogP contribution is -2.57. The number of halogens is 1. The van der Waals surface area contributed by atoms with Gasteiger partial charge in [0.15, 0.2) is 5.60 Å². The number of rotatable bonds is 6. The molecule has 1 aromatic heterocycles. The van der Waals surface area contributed by atoms with Crippen molar-refractivity contribution in [1.29, 1.82) is 0 Å². The quantitative estimate of drug-likeness (QED) is 0.837. The standard InChI is InChI=1S/C17H20FN3O3/c18-14-4-2-13(3-5-14)11-21-8-1-7-17(23,16(21)22)12-19-10-15-6-9-24-20-15/h2-6,9,19,23H,1,7-8,10-12H2. The minimum atomic E-state index is -1.43. The monoisotopic (exact) mass is 333 g/mol. The Labute approximate surface area is 139 Å². The Kier molecular flexibility index (Phi) is 4.92. The molecule has 7 heteroatoms. The predicted molar refractivity (Wildman–Crippen MR) is 84.2 cm³/mol. The van der Waals surface area contributed by atoms with Crippen LogP contribution in [0.4, 0.5) is 4.39 Å². The van der Waals surface area contributed by atoms with E-state index in [1.54, 1.807) is 23.1 Å². The number of aliphatic hydroxyl groups is 1. The first-order valence-corrected chi connectivity index (χ1v) is 7.93. The summed E-state index contributed by atoms with van der Waals surface area (Å²) >= 11 is 0. The maximum Gasteiger partial charge on any atom is 0.256 e. The number of aromatic nitrogens is 1. The highest BCUT2D eigenvalue weighted by atomic mass is 19.1. The molecule has 0 spiro atoms. The summed E-state index contributed by atoms with van der Waals surface area (Å²) < 4.78 is 17.7. The van der Waals surface area contributed by atoms with Gasteiger partial charge in [0.1, 0.15) is 12.1 Å². The van der Waals surface area contributed by atoms with Gasteiger partial charge in [0.05, 0.1) is 5.69 Å².